The van der Waals surface area contributed by atoms with Crippen molar-refractivity contribution in [1.29, 1.82) is 0 Å². The van der Waals surface area contributed by atoms with Crippen LogP contribution < -0.4 is 10.2 Å². The molecule has 4 aromatic rings. The molecule has 1 fully saturated rings. The number of nitrogens with one attached hydrogen (secondary N) is 1. The fourth-order valence-corrected chi connectivity index (χ4v) is 5.52. The number of hydrogen-bond acceptors (Lipinski definition) is 6. The second kappa shape index (κ2) is 7.45. The van der Waals surface area contributed by atoms with E-state index in [9.17, 15) is 9.59 Å². The van der Waals surface area contributed by atoms with Crippen molar-refractivity contribution in [2.45, 2.75) is 26.7 Å². The van der Waals surface area contributed by atoms with E-state index in [1.54, 1.807) is 16.2 Å². The predicted octanol–water partition coefficient (Wildman–Crippen LogP) is 4.77. The number of thiazole rings is 2. The number of aryl methyl sites for hydroxylation is 2. The molecule has 1 unspecified atom stereocenters. The van der Waals surface area contributed by atoms with Crippen LogP contribution in [0.5, 0.6) is 0 Å². The molecule has 0 radical (unpaired) electrons. The van der Waals surface area contributed by atoms with Gasteiger partial charge in [0.2, 0.25) is 11.8 Å². The third-order valence-electron chi connectivity index (χ3n) is 5.38. The van der Waals surface area contributed by atoms with Crippen molar-refractivity contribution < 1.29 is 9.59 Å². The zero-order valence-corrected chi connectivity index (χ0v) is 18.3. The van der Waals surface area contributed by atoms with E-state index in [4.69, 9.17) is 0 Å². The molecule has 1 aliphatic rings. The number of hydrogen-bond donors (Lipinski definition) is 1. The number of carbonyl (C=O) groups is 2. The average molecular weight is 437 g/mol. The van der Waals surface area contributed by atoms with Crippen molar-refractivity contribution in [3.05, 3.63) is 47.0 Å². The van der Waals surface area contributed by atoms with E-state index in [1.165, 1.54) is 16.9 Å². The molecule has 0 aliphatic carbocycles. The van der Waals surface area contributed by atoms with Crippen molar-refractivity contribution in [3.63, 3.8) is 0 Å². The Hall–Kier alpha value is -2.84. The summed E-state index contributed by atoms with van der Waals surface area (Å²) in [4.78, 5) is 36.1. The van der Waals surface area contributed by atoms with Gasteiger partial charge in [-0.05, 0) is 49.2 Å². The molecule has 2 aromatic carbocycles. The predicted molar refractivity (Wildman–Crippen MR) is 122 cm³/mol. The minimum absolute atomic E-state index is 0.0432. The highest BCUT2D eigenvalue weighted by Gasteiger charge is 2.35. The summed E-state index contributed by atoms with van der Waals surface area (Å²) < 4.78 is 2.15. The van der Waals surface area contributed by atoms with E-state index in [0.29, 0.717) is 11.7 Å². The number of benzene rings is 2. The largest absolute Gasteiger partial charge is 0.312 e. The highest BCUT2D eigenvalue weighted by Crippen LogP contribution is 2.32. The summed E-state index contributed by atoms with van der Waals surface area (Å²) in [6.45, 7) is 4.45. The van der Waals surface area contributed by atoms with Gasteiger partial charge in [-0.1, -0.05) is 24.3 Å². The highest BCUT2D eigenvalue weighted by molar-refractivity contribution is 7.22. The van der Waals surface area contributed by atoms with E-state index >= 15 is 0 Å². The van der Waals surface area contributed by atoms with Gasteiger partial charge in [-0.2, -0.15) is 0 Å². The lowest BCUT2D eigenvalue weighted by molar-refractivity contribution is -0.122. The summed E-state index contributed by atoms with van der Waals surface area (Å²) in [5, 5.41) is 4.49. The van der Waals surface area contributed by atoms with E-state index in [0.717, 1.165) is 37.5 Å². The van der Waals surface area contributed by atoms with E-state index in [1.807, 2.05) is 31.2 Å². The molecule has 5 rings (SSSR count). The van der Waals surface area contributed by atoms with Crippen molar-refractivity contribution in [2.24, 2.45) is 5.92 Å². The maximum atomic E-state index is 12.8. The van der Waals surface area contributed by atoms with Crippen LogP contribution in [0.2, 0.25) is 0 Å². The molecule has 1 saturated heterocycles. The molecule has 0 spiro atoms. The SMILES string of the molecule is CCc1ccc2nc(NC(=O)C3CC(=O)N(c4ccc5sc(C)nc5c4)C3)sc2c1. The highest BCUT2D eigenvalue weighted by atomic mass is 32.1. The van der Waals surface area contributed by atoms with Crippen LogP contribution in [0.15, 0.2) is 36.4 Å². The van der Waals surface area contributed by atoms with Gasteiger partial charge in [-0.15, -0.1) is 11.3 Å². The van der Waals surface area contributed by atoms with Crippen molar-refractivity contribution >= 4 is 65.7 Å². The molecule has 0 saturated carbocycles. The molecular formula is C22H20N4O2S2. The Bertz CT molecular complexity index is 1290. The van der Waals surface area contributed by atoms with Gasteiger partial charge in [0.15, 0.2) is 5.13 Å². The van der Waals surface area contributed by atoms with E-state index in [-0.39, 0.29) is 18.2 Å². The molecule has 152 valence electrons. The molecule has 3 heterocycles. The van der Waals surface area contributed by atoms with Crippen LogP contribution in [-0.4, -0.2) is 28.3 Å². The van der Waals surface area contributed by atoms with Crippen molar-refractivity contribution in [3.8, 4) is 0 Å². The summed E-state index contributed by atoms with van der Waals surface area (Å²) in [6.07, 6.45) is 1.16. The maximum Gasteiger partial charge on any atom is 0.231 e. The monoisotopic (exact) mass is 436 g/mol. The number of carbonyl (C=O) groups excluding carboxylic acids is 2. The molecule has 2 aromatic heterocycles. The summed E-state index contributed by atoms with van der Waals surface area (Å²) in [6, 6.07) is 12.0. The Morgan fingerprint density at radius 3 is 2.83 bits per heavy atom. The van der Waals surface area contributed by atoms with E-state index < -0.39 is 5.92 Å². The van der Waals surface area contributed by atoms with Crippen molar-refractivity contribution in [1.82, 2.24) is 9.97 Å². The fraction of sp³-hybridized carbons (Fsp3) is 0.273. The van der Waals surface area contributed by atoms with Gasteiger partial charge in [0.25, 0.3) is 0 Å². The molecular weight excluding hydrogens is 416 g/mol. The normalized spacial score (nSPS) is 16.7. The van der Waals surface area contributed by atoms with Crippen LogP contribution >= 0.6 is 22.7 Å². The number of fused-ring (bicyclic) bond motifs is 2. The lowest BCUT2D eigenvalue weighted by atomic mass is 10.1. The molecule has 8 heteroatoms. The van der Waals surface area contributed by atoms with Crippen LogP contribution in [0.3, 0.4) is 0 Å². The molecule has 2 amide bonds. The molecule has 1 atom stereocenters. The summed E-state index contributed by atoms with van der Waals surface area (Å²) in [5.41, 5.74) is 3.80. The number of aromatic nitrogens is 2. The average Bonchev–Trinajstić information content (AvgIpc) is 3.41. The van der Waals surface area contributed by atoms with Gasteiger partial charge in [0, 0.05) is 18.7 Å². The van der Waals surface area contributed by atoms with Gasteiger partial charge < -0.3 is 10.2 Å². The number of rotatable bonds is 4. The minimum Gasteiger partial charge on any atom is -0.312 e. The molecule has 6 nitrogen and oxygen atoms in total. The minimum atomic E-state index is -0.399. The lowest BCUT2D eigenvalue weighted by Gasteiger charge is -2.16. The maximum absolute atomic E-state index is 12.8. The Kier molecular flexibility index (Phi) is 4.75. The third-order valence-corrected chi connectivity index (χ3v) is 7.26. The number of anilines is 2. The zero-order chi connectivity index (χ0) is 20.8. The lowest BCUT2D eigenvalue weighted by Crippen LogP contribution is -2.28. The molecule has 30 heavy (non-hydrogen) atoms. The number of amides is 2. The Morgan fingerprint density at radius 1 is 1.13 bits per heavy atom. The van der Waals surface area contributed by atoms with Crippen LogP contribution in [0.25, 0.3) is 20.4 Å². The first-order chi connectivity index (χ1) is 14.5. The van der Waals surface area contributed by atoms with E-state index in [2.05, 4.69) is 34.3 Å². The first-order valence-corrected chi connectivity index (χ1v) is 11.5. The summed E-state index contributed by atoms with van der Waals surface area (Å²) in [5.74, 6) is -0.604. The first kappa shape index (κ1) is 19.1. The Labute approximate surface area is 181 Å². The fourth-order valence-electron chi connectivity index (χ4n) is 3.78. The van der Waals surface area contributed by atoms with Crippen LogP contribution in [0.4, 0.5) is 10.8 Å². The Morgan fingerprint density at radius 2 is 2.00 bits per heavy atom. The topological polar surface area (TPSA) is 75.2 Å². The molecule has 0 bridgehead atoms. The van der Waals surface area contributed by atoms with Gasteiger partial charge in [0.05, 0.1) is 31.4 Å². The van der Waals surface area contributed by atoms with Gasteiger partial charge in [0.1, 0.15) is 0 Å². The van der Waals surface area contributed by atoms with Crippen molar-refractivity contribution in [2.75, 3.05) is 16.8 Å². The smallest absolute Gasteiger partial charge is 0.231 e. The first-order valence-electron chi connectivity index (χ1n) is 9.88. The Balaban J connectivity index is 1.32. The van der Waals surface area contributed by atoms with Crippen LogP contribution in [0.1, 0.15) is 23.9 Å². The summed E-state index contributed by atoms with van der Waals surface area (Å²) >= 11 is 3.10. The van der Waals surface area contributed by atoms with Gasteiger partial charge in [-0.3, -0.25) is 9.59 Å². The summed E-state index contributed by atoms with van der Waals surface area (Å²) in [7, 11) is 0. The molecule has 1 aliphatic heterocycles. The van der Waals surface area contributed by atoms with Crippen LogP contribution in [-0.2, 0) is 16.0 Å². The van der Waals surface area contributed by atoms with Gasteiger partial charge in [-0.25, -0.2) is 9.97 Å². The number of nitrogens with zero attached hydrogens (tertiary/aromatic N) is 3. The standard InChI is InChI=1S/C22H20N4O2S2/c1-3-13-4-6-16-19(8-13)30-22(24-16)25-21(28)14-9-20(27)26(11-14)15-5-7-18-17(10-15)23-12(2)29-18/h4-8,10,14H,3,9,11H2,1-2H3,(H,24,25,28). The van der Waals surface area contributed by atoms with Crippen LogP contribution in [0, 0.1) is 12.8 Å². The van der Waals surface area contributed by atoms with Gasteiger partial charge >= 0.3 is 0 Å². The molecule has 1 N–H and O–H groups in total. The second-order valence-corrected chi connectivity index (χ2v) is 9.72. The quantitative estimate of drug-likeness (QED) is 0.500. The zero-order valence-electron chi connectivity index (χ0n) is 16.6. The third kappa shape index (κ3) is 3.46. The second-order valence-electron chi connectivity index (χ2n) is 7.45.